The average molecular weight is 378 g/mol. The number of amides is 1. The van der Waals surface area contributed by atoms with E-state index >= 15 is 0 Å². The molecule has 142 valence electrons. The molecule has 0 bridgehead atoms. The highest BCUT2D eigenvalue weighted by atomic mass is 16.5. The minimum Gasteiger partial charge on any atom is -0.370 e. The molecule has 0 radical (unpaired) electrons. The smallest absolute Gasteiger partial charge is 0.257 e. The first kappa shape index (κ1) is 17.8. The van der Waals surface area contributed by atoms with Gasteiger partial charge in [0.05, 0.1) is 18.4 Å². The van der Waals surface area contributed by atoms with E-state index in [4.69, 9.17) is 9.26 Å². The lowest BCUT2D eigenvalue weighted by Crippen LogP contribution is -2.26. The minimum atomic E-state index is -0.516. The van der Waals surface area contributed by atoms with Gasteiger partial charge in [-0.25, -0.2) is 9.50 Å². The summed E-state index contributed by atoms with van der Waals surface area (Å²) >= 11 is 0. The van der Waals surface area contributed by atoms with E-state index in [9.17, 15) is 4.79 Å². The molecule has 0 fully saturated rings. The third kappa shape index (κ3) is 3.60. The lowest BCUT2D eigenvalue weighted by atomic mass is 10.1. The molecule has 3 heterocycles. The molecule has 1 N–H and O–H groups in total. The lowest BCUT2D eigenvalue weighted by molar-refractivity contribution is -0.119. The van der Waals surface area contributed by atoms with E-state index in [2.05, 4.69) is 25.5 Å². The van der Waals surface area contributed by atoms with Crippen LogP contribution in [0.25, 0.3) is 28.3 Å². The zero-order valence-electron chi connectivity index (χ0n) is 15.4. The van der Waals surface area contributed by atoms with Crippen molar-refractivity contribution in [1.29, 1.82) is 0 Å². The number of hydrogen-bond acceptors (Lipinski definition) is 7. The summed E-state index contributed by atoms with van der Waals surface area (Å²) in [5.74, 6) is 0.577. The van der Waals surface area contributed by atoms with Crippen LogP contribution in [0.1, 0.15) is 18.9 Å². The maximum absolute atomic E-state index is 11.1. The van der Waals surface area contributed by atoms with Crippen LogP contribution in [-0.2, 0) is 9.53 Å². The Morgan fingerprint density at radius 3 is 2.89 bits per heavy atom. The fourth-order valence-electron chi connectivity index (χ4n) is 2.78. The van der Waals surface area contributed by atoms with E-state index < -0.39 is 6.10 Å². The molecular weight excluding hydrogens is 360 g/mol. The Morgan fingerprint density at radius 1 is 1.25 bits per heavy atom. The highest BCUT2D eigenvalue weighted by Gasteiger charge is 2.20. The first-order chi connectivity index (χ1) is 13.6. The largest absolute Gasteiger partial charge is 0.370 e. The highest BCUT2D eigenvalue weighted by Crippen LogP contribution is 2.25. The number of methoxy groups -OCH3 is 1. The van der Waals surface area contributed by atoms with E-state index in [0.717, 1.165) is 22.5 Å². The molecule has 28 heavy (non-hydrogen) atoms. The monoisotopic (exact) mass is 378 g/mol. The number of ether oxygens (including phenoxy) is 1. The molecule has 0 saturated carbocycles. The number of nitrogens with zero attached hydrogens (tertiary/aromatic N) is 5. The average Bonchev–Trinajstić information content (AvgIpc) is 3.36. The standard InChI is InChI=1S/C19H18N6O3/c1-12(26)20-10-16(27-2)19-23-18(24-28-19)14-6-3-5-13(9-14)15-11-25-17(22-15)7-4-8-21-25/h3-9,11,16H,10H2,1-2H3,(H,20,26). The van der Waals surface area contributed by atoms with Gasteiger partial charge in [0.1, 0.15) is 0 Å². The third-order valence-corrected chi connectivity index (χ3v) is 4.19. The van der Waals surface area contributed by atoms with Crippen molar-refractivity contribution in [2.75, 3.05) is 13.7 Å². The number of aromatic nitrogens is 5. The normalized spacial score (nSPS) is 12.2. The van der Waals surface area contributed by atoms with E-state index in [1.807, 2.05) is 42.6 Å². The van der Waals surface area contributed by atoms with Gasteiger partial charge in [-0.3, -0.25) is 4.79 Å². The number of fused-ring (bicyclic) bond motifs is 1. The van der Waals surface area contributed by atoms with Gasteiger partial charge >= 0.3 is 0 Å². The lowest BCUT2D eigenvalue weighted by Gasteiger charge is -2.10. The van der Waals surface area contributed by atoms with Gasteiger partial charge < -0.3 is 14.6 Å². The molecule has 4 aromatic rings. The van der Waals surface area contributed by atoms with Gasteiger partial charge in [0, 0.05) is 31.4 Å². The minimum absolute atomic E-state index is 0.156. The van der Waals surface area contributed by atoms with Crippen molar-refractivity contribution in [3.8, 4) is 22.6 Å². The van der Waals surface area contributed by atoms with Crippen molar-refractivity contribution in [2.24, 2.45) is 0 Å². The molecule has 9 heteroatoms. The zero-order valence-corrected chi connectivity index (χ0v) is 15.4. The molecule has 1 atom stereocenters. The van der Waals surface area contributed by atoms with Crippen LogP contribution in [0, 0.1) is 0 Å². The van der Waals surface area contributed by atoms with Crippen LogP contribution in [0.4, 0.5) is 0 Å². The Morgan fingerprint density at radius 2 is 2.11 bits per heavy atom. The zero-order chi connectivity index (χ0) is 19.5. The van der Waals surface area contributed by atoms with Crippen LogP contribution in [0.2, 0.25) is 0 Å². The SMILES string of the molecule is COC(CNC(C)=O)c1nc(-c2cccc(-c3cn4ncccc4n3)c2)no1. The predicted octanol–water partition coefficient (Wildman–Crippen LogP) is 2.27. The summed E-state index contributed by atoms with van der Waals surface area (Å²) in [6.45, 7) is 1.69. The Kier molecular flexibility index (Phi) is 4.81. The topological polar surface area (TPSA) is 107 Å². The molecule has 4 rings (SSSR count). The number of rotatable bonds is 6. The summed E-state index contributed by atoms with van der Waals surface area (Å²) in [7, 11) is 1.52. The molecule has 1 amide bonds. The Bertz CT molecular complexity index is 1090. The number of carbonyl (C=O) groups is 1. The Labute approximate surface area is 160 Å². The van der Waals surface area contributed by atoms with Crippen LogP contribution in [0.15, 0.2) is 53.3 Å². The van der Waals surface area contributed by atoms with Crippen molar-refractivity contribution >= 4 is 11.6 Å². The summed E-state index contributed by atoms with van der Waals surface area (Å²) in [4.78, 5) is 20.1. The maximum Gasteiger partial charge on any atom is 0.257 e. The van der Waals surface area contributed by atoms with Gasteiger partial charge in [-0.15, -0.1) is 0 Å². The van der Waals surface area contributed by atoms with Gasteiger partial charge in [0.25, 0.3) is 5.89 Å². The second kappa shape index (κ2) is 7.57. The van der Waals surface area contributed by atoms with E-state index in [-0.39, 0.29) is 12.5 Å². The summed E-state index contributed by atoms with van der Waals surface area (Å²) in [6, 6.07) is 11.4. The van der Waals surface area contributed by atoms with Crippen molar-refractivity contribution in [1.82, 2.24) is 30.1 Å². The van der Waals surface area contributed by atoms with Gasteiger partial charge in [0.15, 0.2) is 11.8 Å². The van der Waals surface area contributed by atoms with Gasteiger partial charge in [-0.05, 0) is 18.2 Å². The summed E-state index contributed by atoms with van der Waals surface area (Å²) in [6.07, 6.45) is 3.06. The predicted molar refractivity (Wildman–Crippen MR) is 100 cm³/mol. The van der Waals surface area contributed by atoms with Crippen LogP contribution in [-0.4, -0.2) is 44.3 Å². The van der Waals surface area contributed by atoms with E-state index in [1.54, 1.807) is 10.7 Å². The highest BCUT2D eigenvalue weighted by molar-refractivity contribution is 5.72. The molecule has 0 aliphatic carbocycles. The fourth-order valence-corrected chi connectivity index (χ4v) is 2.78. The maximum atomic E-state index is 11.1. The first-order valence-electron chi connectivity index (χ1n) is 8.66. The molecule has 1 aromatic carbocycles. The molecule has 0 aliphatic rings. The first-order valence-corrected chi connectivity index (χ1v) is 8.66. The van der Waals surface area contributed by atoms with Gasteiger partial charge in [-0.2, -0.15) is 10.1 Å². The summed E-state index contributed by atoms with van der Waals surface area (Å²) in [5, 5.41) is 11.0. The number of nitrogens with one attached hydrogen (secondary N) is 1. The summed E-state index contributed by atoms with van der Waals surface area (Å²) < 4.78 is 12.4. The third-order valence-electron chi connectivity index (χ3n) is 4.19. The molecular formula is C19H18N6O3. The van der Waals surface area contributed by atoms with E-state index in [1.165, 1.54) is 14.0 Å². The van der Waals surface area contributed by atoms with Crippen LogP contribution < -0.4 is 5.32 Å². The van der Waals surface area contributed by atoms with Crippen molar-refractivity contribution in [2.45, 2.75) is 13.0 Å². The van der Waals surface area contributed by atoms with E-state index in [0.29, 0.717) is 11.7 Å². The molecule has 1 unspecified atom stereocenters. The van der Waals surface area contributed by atoms with Crippen LogP contribution in [0.3, 0.4) is 0 Å². The number of benzene rings is 1. The fraction of sp³-hybridized carbons (Fsp3) is 0.211. The van der Waals surface area contributed by atoms with Crippen molar-refractivity contribution < 1.29 is 14.1 Å². The number of imidazole rings is 1. The Hall–Kier alpha value is -3.59. The molecule has 0 aliphatic heterocycles. The van der Waals surface area contributed by atoms with Crippen LogP contribution >= 0.6 is 0 Å². The second-order valence-corrected chi connectivity index (χ2v) is 6.15. The van der Waals surface area contributed by atoms with Crippen LogP contribution in [0.5, 0.6) is 0 Å². The Balaban J connectivity index is 1.61. The molecule has 0 spiro atoms. The number of carbonyl (C=O) groups excluding carboxylic acids is 1. The second-order valence-electron chi connectivity index (χ2n) is 6.15. The van der Waals surface area contributed by atoms with Crippen molar-refractivity contribution in [3.05, 3.63) is 54.7 Å². The quantitative estimate of drug-likeness (QED) is 0.548. The van der Waals surface area contributed by atoms with Gasteiger partial charge in [0.2, 0.25) is 11.7 Å². The summed E-state index contributed by atoms with van der Waals surface area (Å²) in [5.41, 5.74) is 3.26. The van der Waals surface area contributed by atoms with Crippen molar-refractivity contribution in [3.63, 3.8) is 0 Å². The molecule has 0 saturated heterocycles. The van der Waals surface area contributed by atoms with Gasteiger partial charge in [-0.1, -0.05) is 23.4 Å². The molecule has 3 aromatic heterocycles. The number of hydrogen-bond donors (Lipinski definition) is 1. The molecule has 9 nitrogen and oxygen atoms in total.